The lowest BCUT2D eigenvalue weighted by atomic mass is 9.69. The van der Waals surface area contributed by atoms with E-state index in [4.69, 9.17) is 10.5 Å². The van der Waals surface area contributed by atoms with Gasteiger partial charge in [-0.25, -0.2) is 0 Å². The number of aromatic nitrogens is 1. The maximum Gasteiger partial charge on any atom is 0.161 e. The summed E-state index contributed by atoms with van der Waals surface area (Å²) < 4.78 is 6.97. The maximum atomic E-state index is 12.6. The number of fused-ring (bicyclic) bond motifs is 5. The van der Waals surface area contributed by atoms with Crippen LogP contribution in [0.25, 0.3) is 0 Å². The molecule has 0 bridgehead atoms. The molecule has 10 nitrogen and oxygen atoms in total. The summed E-state index contributed by atoms with van der Waals surface area (Å²) in [7, 11) is 3.27. The molecule has 2 aliphatic heterocycles. The Morgan fingerprint density at radius 2 is 1.68 bits per heavy atom. The molecule has 3 aromatic carbocycles. The fraction of sp³-hybridized carbons (Fsp3) is 0.545. The van der Waals surface area contributed by atoms with Crippen LogP contribution in [0.4, 0.5) is 0 Å². The van der Waals surface area contributed by atoms with Gasteiger partial charge in [0.1, 0.15) is 11.9 Å². The van der Waals surface area contributed by atoms with Crippen molar-refractivity contribution in [2.45, 2.75) is 153 Å². The van der Waals surface area contributed by atoms with Crippen LogP contribution in [0.5, 0.6) is 11.5 Å². The number of dihydropyridines is 1. The number of rotatable bonds is 17. The Hall–Kier alpha value is -4.58. The molecular formula is C66H87N3O7S2. The number of aliphatic hydroxyl groups excluding tert-OH is 5. The zero-order chi connectivity index (χ0) is 54.8. The summed E-state index contributed by atoms with van der Waals surface area (Å²) in [6.07, 6.45) is 14.3. The molecule has 0 spiro atoms. The lowest BCUT2D eigenvalue weighted by Gasteiger charge is -2.36. The number of phenols is 1. The largest absolute Gasteiger partial charge is 0.504 e. The maximum absolute atomic E-state index is 12.6. The highest BCUT2D eigenvalue weighted by molar-refractivity contribution is 8.76. The van der Waals surface area contributed by atoms with Crippen molar-refractivity contribution in [1.82, 2.24) is 10.3 Å². The van der Waals surface area contributed by atoms with Gasteiger partial charge in [-0.3, -0.25) is 0 Å². The quantitative estimate of drug-likeness (QED) is 0.0279. The van der Waals surface area contributed by atoms with Crippen molar-refractivity contribution in [1.29, 1.82) is 0 Å². The van der Waals surface area contributed by atoms with Crippen molar-refractivity contribution in [2.24, 2.45) is 46.7 Å². The van der Waals surface area contributed by atoms with E-state index in [-0.39, 0.29) is 48.4 Å². The van der Waals surface area contributed by atoms with Crippen molar-refractivity contribution in [3.05, 3.63) is 153 Å². The summed E-state index contributed by atoms with van der Waals surface area (Å²) >= 11 is 0. The average molecular weight is 1100 g/mol. The molecule has 420 valence electrons. The van der Waals surface area contributed by atoms with E-state index < -0.39 is 47.6 Å². The number of nitrogens with one attached hydrogen (secondary N) is 2. The monoisotopic (exact) mass is 1100 g/mol. The SMILES string of the molecule is CCC1Cc2cc(O)c(OC3CC(Cc4ccc[nH]4)C4=CCNC(N)=C4CSSCC(CO)C3O)cc2C2CC(O)C3C(C#CC(CCO)(CC(CCc4ccccc4CCC(C)C)c4ccccc4)CCCCC3O)C=C12. The predicted molar refractivity (Wildman–Crippen MR) is 318 cm³/mol. The van der Waals surface area contributed by atoms with Gasteiger partial charge in [0.15, 0.2) is 11.5 Å². The topological polar surface area (TPSA) is 184 Å². The first-order valence-electron chi connectivity index (χ1n) is 29.3. The Bertz CT molecular complexity index is 2750. The molecular weight excluding hydrogens is 1010 g/mol. The van der Waals surface area contributed by atoms with Crippen LogP contribution < -0.4 is 15.8 Å². The van der Waals surface area contributed by atoms with Crippen LogP contribution in [0.3, 0.4) is 0 Å². The van der Waals surface area contributed by atoms with Gasteiger partial charge in [-0.15, -0.1) is 0 Å². The Morgan fingerprint density at radius 1 is 0.897 bits per heavy atom. The third-order valence-electron chi connectivity index (χ3n) is 18.2. The van der Waals surface area contributed by atoms with Crippen molar-refractivity contribution in [2.75, 3.05) is 31.3 Å². The molecule has 1 fully saturated rings. The zero-order valence-electron chi connectivity index (χ0n) is 46.3. The van der Waals surface area contributed by atoms with Gasteiger partial charge in [0.2, 0.25) is 0 Å². The average Bonchev–Trinajstić information content (AvgIpc) is 4.10. The number of aromatic hydroxyl groups is 1. The van der Waals surface area contributed by atoms with Crippen LogP contribution in [0.15, 0.2) is 120 Å². The Labute approximate surface area is 472 Å². The summed E-state index contributed by atoms with van der Waals surface area (Å²) in [5.41, 5.74) is 16.7. The van der Waals surface area contributed by atoms with Gasteiger partial charge in [0, 0.05) is 77.8 Å². The second-order valence-electron chi connectivity index (χ2n) is 23.7. The molecule has 9 rings (SSSR count). The summed E-state index contributed by atoms with van der Waals surface area (Å²) in [5, 5.41) is 74.1. The fourth-order valence-electron chi connectivity index (χ4n) is 13.7. The summed E-state index contributed by atoms with van der Waals surface area (Å²) in [4.78, 5) is 3.38. The van der Waals surface area contributed by atoms with Crippen LogP contribution in [-0.2, 0) is 25.7 Å². The molecule has 12 atom stereocenters. The number of ether oxygens (including phenoxy) is 1. The van der Waals surface area contributed by atoms with Gasteiger partial charge in [0.25, 0.3) is 0 Å². The lowest BCUT2D eigenvalue weighted by molar-refractivity contribution is -0.0214. The normalized spacial score (nSPS) is 29.1. The Morgan fingerprint density at radius 3 is 2.41 bits per heavy atom. The van der Waals surface area contributed by atoms with Crippen molar-refractivity contribution >= 4 is 21.6 Å². The number of allylic oxidation sites excluding steroid dienone is 3. The van der Waals surface area contributed by atoms with Crippen LogP contribution in [0, 0.1) is 52.8 Å². The number of aromatic amines is 1. The molecule has 4 aromatic rings. The molecule has 0 radical (unpaired) electrons. The number of benzene rings is 3. The molecule has 0 amide bonds. The smallest absolute Gasteiger partial charge is 0.161 e. The fourth-order valence-corrected chi connectivity index (χ4v) is 16.2. The second-order valence-corrected chi connectivity index (χ2v) is 26.3. The minimum absolute atomic E-state index is 0.0103. The van der Waals surface area contributed by atoms with Crippen molar-refractivity contribution in [3.63, 3.8) is 0 Å². The summed E-state index contributed by atoms with van der Waals surface area (Å²) in [5.74, 6) is 8.92. The highest BCUT2D eigenvalue weighted by Crippen LogP contribution is 2.51. The van der Waals surface area contributed by atoms with Gasteiger partial charge < -0.3 is 51.4 Å². The Balaban J connectivity index is 1.06. The van der Waals surface area contributed by atoms with Gasteiger partial charge in [0.05, 0.1) is 18.3 Å². The first-order chi connectivity index (χ1) is 37.9. The van der Waals surface area contributed by atoms with Crippen molar-refractivity contribution in [3.8, 4) is 23.3 Å². The molecule has 1 saturated heterocycles. The second kappa shape index (κ2) is 27.3. The molecule has 10 N–H and O–H groups in total. The molecule has 12 heteroatoms. The van der Waals surface area contributed by atoms with E-state index in [2.05, 4.69) is 116 Å². The standard InChI is InChI=1S/C66H87N3O7S2/c1-4-43-31-49-34-59(73)61(76-62-35-50(32-52-17-12-28-68-52)53-24-29-69-65(67)57(53)41-78-77-40-51(39-71)64(62)75)37-55(49)56-36-60(74)63-47(33-54(43)56)23-26-66(27-30-70,25-11-10-18-58(63)72)38-48(44-13-6-5-7-14-44)22-21-46-16-9-8-15-45(46)20-19-42(2)3/h5-9,12-17,24,28,33-34,37,42-43,47-48,50-51,56,58,60,62-64,68-75H,4,10-11,18-22,25,27,29-32,35-36,38-41,67H2,1-3H3. The molecule has 78 heavy (non-hydrogen) atoms. The number of phenolic OH excluding ortho intramolecular Hbond substituents is 1. The van der Waals surface area contributed by atoms with E-state index >= 15 is 0 Å². The molecule has 3 aliphatic carbocycles. The van der Waals surface area contributed by atoms with Gasteiger partial charge in [-0.05, 0) is 165 Å². The molecule has 1 aromatic heterocycles. The highest BCUT2D eigenvalue weighted by atomic mass is 33.1. The van der Waals surface area contributed by atoms with Gasteiger partial charge >= 0.3 is 0 Å². The first-order valence-corrected chi connectivity index (χ1v) is 31.8. The van der Waals surface area contributed by atoms with Gasteiger partial charge in [-0.2, -0.15) is 0 Å². The molecule has 0 saturated carbocycles. The Kier molecular flexibility index (Phi) is 20.3. The van der Waals surface area contributed by atoms with Crippen molar-refractivity contribution < 1.29 is 35.4 Å². The van der Waals surface area contributed by atoms with E-state index in [9.17, 15) is 30.6 Å². The molecule has 5 aliphatic rings. The number of aryl methyl sites for hydroxylation is 2. The van der Waals surface area contributed by atoms with Crippen LogP contribution in [-0.4, -0.2) is 91.3 Å². The van der Waals surface area contributed by atoms with E-state index in [1.54, 1.807) is 21.6 Å². The number of hydrogen-bond donors (Lipinski definition) is 9. The number of nitrogens with two attached hydrogens (primary N) is 1. The van der Waals surface area contributed by atoms with E-state index in [1.165, 1.54) is 22.3 Å². The summed E-state index contributed by atoms with van der Waals surface area (Å²) in [6.45, 7) is 7.16. The van der Waals surface area contributed by atoms with E-state index in [1.807, 2.05) is 24.4 Å². The number of aliphatic hydroxyl groups is 5. The predicted octanol–water partition coefficient (Wildman–Crippen LogP) is 11.1. The van der Waals surface area contributed by atoms with Crippen LogP contribution in [0.2, 0.25) is 0 Å². The minimum atomic E-state index is -1.06. The van der Waals surface area contributed by atoms with E-state index in [0.717, 1.165) is 85.8 Å². The molecule has 12 unspecified atom stereocenters. The molecule has 3 heterocycles. The minimum Gasteiger partial charge on any atom is -0.504 e. The number of hydrogen-bond acceptors (Lipinski definition) is 11. The zero-order valence-corrected chi connectivity index (χ0v) is 47.9. The number of H-pyrrole nitrogens is 1. The van der Waals surface area contributed by atoms with Crippen LogP contribution >= 0.6 is 21.6 Å². The van der Waals surface area contributed by atoms with Crippen LogP contribution in [0.1, 0.15) is 137 Å². The first kappa shape index (κ1) is 58.1. The summed E-state index contributed by atoms with van der Waals surface area (Å²) in [6, 6.07) is 27.6. The lowest BCUT2D eigenvalue weighted by Crippen LogP contribution is -2.42. The third-order valence-corrected chi connectivity index (χ3v) is 20.6. The highest BCUT2D eigenvalue weighted by Gasteiger charge is 2.44. The van der Waals surface area contributed by atoms with Gasteiger partial charge in [-0.1, -0.05) is 139 Å². The van der Waals surface area contributed by atoms with E-state index in [0.29, 0.717) is 68.3 Å². The third kappa shape index (κ3) is 13.9.